The molecule has 100 valence electrons. The van der Waals surface area contributed by atoms with Gasteiger partial charge in [-0.25, -0.2) is 9.67 Å². The van der Waals surface area contributed by atoms with Gasteiger partial charge in [-0.05, 0) is 33.1 Å². The van der Waals surface area contributed by atoms with Crippen molar-refractivity contribution in [3.8, 4) is 0 Å². The molecule has 1 aliphatic heterocycles. The molecule has 5 nitrogen and oxygen atoms in total. The van der Waals surface area contributed by atoms with E-state index in [4.69, 9.17) is 4.74 Å². The minimum atomic E-state index is 0.113. The number of ketones is 1. The number of aromatic nitrogens is 3. The molecule has 1 atom stereocenters. The van der Waals surface area contributed by atoms with Crippen LogP contribution in [0.1, 0.15) is 51.4 Å². The summed E-state index contributed by atoms with van der Waals surface area (Å²) < 4.78 is 7.39. The molecule has 1 aromatic heterocycles. The van der Waals surface area contributed by atoms with Crippen molar-refractivity contribution in [2.24, 2.45) is 0 Å². The Labute approximate surface area is 108 Å². The first-order valence-electron chi connectivity index (χ1n) is 6.68. The standard InChI is InChI=1S/C13H21N3O2/c1-10(2)16-13(14-9-15-16)8-11(17)7-12-5-3-4-6-18-12/h9-10,12H,3-8H2,1-2H3. The molecule has 0 radical (unpaired) electrons. The van der Waals surface area contributed by atoms with Crippen molar-refractivity contribution in [1.29, 1.82) is 0 Å². The van der Waals surface area contributed by atoms with Crippen LogP contribution in [0.4, 0.5) is 0 Å². The third-order valence-electron chi connectivity index (χ3n) is 3.22. The number of carbonyl (C=O) groups is 1. The Hall–Kier alpha value is -1.23. The number of nitrogens with zero attached hydrogens (tertiary/aromatic N) is 3. The number of carbonyl (C=O) groups excluding carboxylic acids is 1. The third kappa shape index (κ3) is 3.38. The average Bonchev–Trinajstić information content (AvgIpc) is 2.78. The van der Waals surface area contributed by atoms with Gasteiger partial charge < -0.3 is 4.74 Å². The highest BCUT2D eigenvalue weighted by atomic mass is 16.5. The fraction of sp³-hybridized carbons (Fsp3) is 0.769. The summed E-state index contributed by atoms with van der Waals surface area (Å²) in [6.45, 7) is 4.86. The summed E-state index contributed by atoms with van der Waals surface area (Å²) >= 11 is 0. The van der Waals surface area contributed by atoms with Crippen molar-refractivity contribution in [3.63, 3.8) is 0 Å². The van der Waals surface area contributed by atoms with Gasteiger partial charge in [0.15, 0.2) is 0 Å². The summed E-state index contributed by atoms with van der Waals surface area (Å²) in [6, 6.07) is 0.237. The zero-order valence-electron chi connectivity index (χ0n) is 11.1. The highest BCUT2D eigenvalue weighted by molar-refractivity contribution is 5.80. The first-order chi connectivity index (χ1) is 8.66. The second-order valence-corrected chi connectivity index (χ2v) is 5.12. The maximum atomic E-state index is 12.0. The monoisotopic (exact) mass is 251 g/mol. The average molecular weight is 251 g/mol. The highest BCUT2D eigenvalue weighted by Gasteiger charge is 2.19. The van der Waals surface area contributed by atoms with Gasteiger partial charge in [-0.2, -0.15) is 5.10 Å². The maximum Gasteiger partial charge on any atom is 0.143 e. The summed E-state index contributed by atoms with van der Waals surface area (Å²) in [5, 5.41) is 4.14. The van der Waals surface area contributed by atoms with Crippen LogP contribution in [-0.2, 0) is 16.0 Å². The summed E-state index contributed by atoms with van der Waals surface area (Å²) in [5.41, 5.74) is 0. The maximum absolute atomic E-state index is 12.0. The van der Waals surface area contributed by atoms with Gasteiger partial charge in [0.2, 0.25) is 0 Å². The molecule has 1 unspecified atom stereocenters. The number of hydrogen-bond donors (Lipinski definition) is 0. The summed E-state index contributed by atoms with van der Waals surface area (Å²) in [7, 11) is 0. The predicted molar refractivity (Wildman–Crippen MR) is 67.3 cm³/mol. The van der Waals surface area contributed by atoms with E-state index in [1.54, 1.807) is 4.68 Å². The van der Waals surface area contributed by atoms with E-state index in [1.807, 2.05) is 13.8 Å². The number of ether oxygens (including phenoxy) is 1. The van der Waals surface area contributed by atoms with E-state index in [0.29, 0.717) is 12.8 Å². The smallest absolute Gasteiger partial charge is 0.143 e. The molecule has 0 N–H and O–H groups in total. The van der Waals surface area contributed by atoms with E-state index in [2.05, 4.69) is 10.1 Å². The molecule has 0 amide bonds. The minimum absolute atomic E-state index is 0.113. The van der Waals surface area contributed by atoms with Crippen LogP contribution in [0.2, 0.25) is 0 Å². The second kappa shape index (κ2) is 6.09. The number of rotatable bonds is 5. The molecule has 1 aliphatic rings. The molecule has 0 aliphatic carbocycles. The second-order valence-electron chi connectivity index (χ2n) is 5.12. The molecular weight excluding hydrogens is 230 g/mol. The predicted octanol–water partition coefficient (Wildman–Crippen LogP) is 1.93. The van der Waals surface area contributed by atoms with Crippen LogP contribution in [0, 0.1) is 0 Å². The van der Waals surface area contributed by atoms with E-state index < -0.39 is 0 Å². The van der Waals surface area contributed by atoms with Crippen molar-refractivity contribution in [2.75, 3.05) is 6.61 Å². The lowest BCUT2D eigenvalue weighted by molar-refractivity contribution is -0.122. The zero-order chi connectivity index (χ0) is 13.0. The molecular formula is C13H21N3O2. The molecule has 2 rings (SSSR count). The van der Waals surface area contributed by atoms with Crippen LogP contribution >= 0.6 is 0 Å². The van der Waals surface area contributed by atoms with E-state index >= 15 is 0 Å². The Balaban J connectivity index is 1.88. The molecule has 5 heteroatoms. The Morgan fingerprint density at radius 2 is 2.39 bits per heavy atom. The van der Waals surface area contributed by atoms with Crippen molar-refractivity contribution in [1.82, 2.24) is 14.8 Å². The Bertz CT molecular complexity index is 395. The molecule has 2 heterocycles. The molecule has 0 aromatic carbocycles. The lowest BCUT2D eigenvalue weighted by Crippen LogP contribution is -2.24. The van der Waals surface area contributed by atoms with Crippen LogP contribution in [0.15, 0.2) is 6.33 Å². The Morgan fingerprint density at radius 1 is 1.56 bits per heavy atom. The summed E-state index contributed by atoms with van der Waals surface area (Å²) in [4.78, 5) is 16.2. The summed E-state index contributed by atoms with van der Waals surface area (Å²) in [6.07, 6.45) is 5.78. The molecule has 1 aromatic rings. The normalized spacial score (nSPS) is 20.3. The van der Waals surface area contributed by atoms with Crippen molar-refractivity contribution in [2.45, 2.75) is 58.1 Å². The van der Waals surface area contributed by atoms with Gasteiger partial charge in [0, 0.05) is 19.1 Å². The van der Waals surface area contributed by atoms with Crippen LogP contribution in [0.3, 0.4) is 0 Å². The molecule has 18 heavy (non-hydrogen) atoms. The number of Topliss-reactive ketones (excluding diaryl/α,β-unsaturated/α-hetero) is 1. The molecule has 1 saturated heterocycles. The van der Waals surface area contributed by atoms with Crippen molar-refractivity contribution >= 4 is 5.78 Å². The first-order valence-corrected chi connectivity index (χ1v) is 6.68. The van der Waals surface area contributed by atoms with Gasteiger partial charge in [-0.15, -0.1) is 0 Å². The lowest BCUT2D eigenvalue weighted by Gasteiger charge is -2.21. The SMILES string of the molecule is CC(C)n1ncnc1CC(=O)CC1CCCCO1. The number of hydrogen-bond acceptors (Lipinski definition) is 4. The van der Waals surface area contributed by atoms with Gasteiger partial charge in [0.1, 0.15) is 17.9 Å². The molecule has 0 saturated carbocycles. The lowest BCUT2D eigenvalue weighted by atomic mass is 10.0. The minimum Gasteiger partial charge on any atom is -0.378 e. The quantitative estimate of drug-likeness (QED) is 0.802. The van der Waals surface area contributed by atoms with Crippen LogP contribution in [0.25, 0.3) is 0 Å². The van der Waals surface area contributed by atoms with E-state index in [0.717, 1.165) is 25.3 Å². The third-order valence-corrected chi connectivity index (χ3v) is 3.22. The van der Waals surface area contributed by atoms with Crippen molar-refractivity contribution in [3.05, 3.63) is 12.2 Å². The Morgan fingerprint density at radius 3 is 3.06 bits per heavy atom. The van der Waals surface area contributed by atoms with Crippen LogP contribution in [-0.4, -0.2) is 33.3 Å². The van der Waals surface area contributed by atoms with Crippen LogP contribution in [0.5, 0.6) is 0 Å². The molecule has 1 fully saturated rings. The molecule has 0 spiro atoms. The van der Waals surface area contributed by atoms with E-state index in [9.17, 15) is 4.79 Å². The van der Waals surface area contributed by atoms with E-state index in [-0.39, 0.29) is 17.9 Å². The van der Waals surface area contributed by atoms with Crippen molar-refractivity contribution < 1.29 is 9.53 Å². The molecule has 0 bridgehead atoms. The fourth-order valence-corrected chi connectivity index (χ4v) is 2.30. The van der Waals surface area contributed by atoms with Gasteiger partial charge in [0.05, 0.1) is 12.5 Å². The van der Waals surface area contributed by atoms with E-state index in [1.165, 1.54) is 12.7 Å². The summed E-state index contributed by atoms with van der Waals surface area (Å²) in [5.74, 6) is 0.947. The largest absolute Gasteiger partial charge is 0.378 e. The first kappa shape index (κ1) is 13.2. The highest BCUT2D eigenvalue weighted by Crippen LogP contribution is 2.17. The van der Waals surface area contributed by atoms with Gasteiger partial charge in [-0.3, -0.25) is 4.79 Å². The fourth-order valence-electron chi connectivity index (χ4n) is 2.30. The van der Waals surface area contributed by atoms with Gasteiger partial charge in [0.25, 0.3) is 0 Å². The topological polar surface area (TPSA) is 57.0 Å². The van der Waals surface area contributed by atoms with Crippen LogP contribution < -0.4 is 0 Å². The Kier molecular flexibility index (Phi) is 4.47. The zero-order valence-corrected chi connectivity index (χ0v) is 11.1. The van der Waals surface area contributed by atoms with Gasteiger partial charge in [-0.1, -0.05) is 0 Å². The van der Waals surface area contributed by atoms with Gasteiger partial charge >= 0.3 is 0 Å².